The molecule has 0 radical (unpaired) electrons. The Morgan fingerprint density at radius 2 is 1.64 bits per heavy atom. The van der Waals surface area contributed by atoms with Crippen molar-refractivity contribution in [3.8, 4) is 23.0 Å². The van der Waals surface area contributed by atoms with Crippen molar-refractivity contribution in [1.82, 2.24) is 5.43 Å². The SMILES string of the molecule is COc1ccc(C(=O)Oc2ccc(/C=N\NC(=O)COc3cc(C)ccc3C(C)C)cc2)cc1OC. The molecule has 0 atom stereocenters. The number of nitrogens with zero attached hydrogens (tertiary/aromatic N) is 1. The van der Waals surface area contributed by atoms with E-state index in [1.165, 1.54) is 20.4 Å². The third-order valence-corrected chi connectivity index (χ3v) is 5.26. The number of benzene rings is 3. The standard InChI is InChI=1S/C28H30N2O6/c1-18(2)23-12-6-19(3)14-25(23)35-17-27(31)30-29-16-20-7-10-22(11-8-20)36-28(32)21-9-13-24(33-4)26(15-21)34-5/h6-16,18H,17H2,1-5H3,(H,30,31)/b29-16-. The van der Waals surface area contributed by atoms with Crippen LogP contribution >= 0.6 is 0 Å². The molecule has 0 aliphatic heterocycles. The number of rotatable bonds is 10. The zero-order valence-corrected chi connectivity index (χ0v) is 21.0. The Morgan fingerprint density at radius 1 is 0.917 bits per heavy atom. The van der Waals surface area contributed by atoms with E-state index in [0.29, 0.717) is 34.1 Å². The fraction of sp³-hybridized carbons (Fsp3) is 0.250. The molecular weight excluding hydrogens is 460 g/mol. The summed E-state index contributed by atoms with van der Waals surface area (Å²) in [6.45, 7) is 5.98. The summed E-state index contributed by atoms with van der Waals surface area (Å²) in [6.07, 6.45) is 1.49. The second kappa shape index (κ2) is 12.4. The summed E-state index contributed by atoms with van der Waals surface area (Å²) in [5.41, 5.74) is 5.60. The molecule has 0 saturated carbocycles. The summed E-state index contributed by atoms with van der Waals surface area (Å²) in [5, 5.41) is 3.96. The summed E-state index contributed by atoms with van der Waals surface area (Å²) in [4.78, 5) is 24.6. The van der Waals surface area contributed by atoms with Crippen molar-refractivity contribution in [2.24, 2.45) is 5.10 Å². The molecule has 3 rings (SSSR count). The van der Waals surface area contributed by atoms with Gasteiger partial charge in [-0.1, -0.05) is 26.0 Å². The van der Waals surface area contributed by atoms with Gasteiger partial charge in [0, 0.05) is 0 Å². The van der Waals surface area contributed by atoms with Crippen LogP contribution in [0.4, 0.5) is 0 Å². The van der Waals surface area contributed by atoms with Crippen LogP contribution in [0.25, 0.3) is 0 Å². The average Bonchev–Trinajstić information content (AvgIpc) is 2.87. The molecule has 0 fully saturated rings. The molecule has 8 nitrogen and oxygen atoms in total. The summed E-state index contributed by atoms with van der Waals surface area (Å²) >= 11 is 0. The van der Waals surface area contributed by atoms with Crippen molar-refractivity contribution < 1.29 is 28.5 Å². The fourth-order valence-electron chi connectivity index (χ4n) is 3.35. The van der Waals surface area contributed by atoms with Crippen LogP contribution in [-0.2, 0) is 4.79 Å². The number of nitrogens with one attached hydrogen (secondary N) is 1. The lowest BCUT2D eigenvalue weighted by Crippen LogP contribution is -2.25. The highest BCUT2D eigenvalue weighted by Gasteiger charge is 2.13. The third-order valence-electron chi connectivity index (χ3n) is 5.26. The number of ether oxygens (including phenoxy) is 4. The summed E-state index contributed by atoms with van der Waals surface area (Å²) in [7, 11) is 3.02. The average molecular weight is 491 g/mol. The number of carbonyl (C=O) groups is 2. The number of hydrogen-bond acceptors (Lipinski definition) is 7. The normalized spacial score (nSPS) is 10.8. The highest BCUT2D eigenvalue weighted by atomic mass is 16.5. The lowest BCUT2D eigenvalue weighted by Gasteiger charge is -2.14. The van der Waals surface area contributed by atoms with Gasteiger partial charge in [0.25, 0.3) is 5.91 Å². The molecule has 0 bridgehead atoms. The zero-order valence-electron chi connectivity index (χ0n) is 21.0. The number of hydrogen-bond donors (Lipinski definition) is 1. The van der Waals surface area contributed by atoms with Crippen LogP contribution in [-0.4, -0.2) is 38.9 Å². The molecule has 0 saturated heterocycles. The molecule has 8 heteroatoms. The van der Waals surface area contributed by atoms with Gasteiger partial charge in [-0.25, -0.2) is 10.2 Å². The van der Waals surface area contributed by atoms with Gasteiger partial charge < -0.3 is 18.9 Å². The first-order valence-electron chi connectivity index (χ1n) is 11.4. The van der Waals surface area contributed by atoms with E-state index in [0.717, 1.165) is 11.1 Å². The Balaban J connectivity index is 1.52. The van der Waals surface area contributed by atoms with Crippen molar-refractivity contribution in [1.29, 1.82) is 0 Å². The Hall–Kier alpha value is -4.33. The Labute approximate surface area is 210 Å². The lowest BCUT2D eigenvalue weighted by molar-refractivity contribution is -0.123. The largest absolute Gasteiger partial charge is 0.493 e. The molecule has 188 valence electrons. The van der Waals surface area contributed by atoms with Gasteiger partial charge in [0.1, 0.15) is 11.5 Å². The van der Waals surface area contributed by atoms with E-state index in [9.17, 15) is 9.59 Å². The van der Waals surface area contributed by atoms with Crippen LogP contribution in [0, 0.1) is 6.92 Å². The maximum atomic E-state index is 12.5. The van der Waals surface area contributed by atoms with E-state index in [-0.39, 0.29) is 18.4 Å². The smallest absolute Gasteiger partial charge is 0.343 e. The zero-order chi connectivity index (χ0) is 26.1. The van der Waals surface area contributed by atoms with E-state index in [4.69, 9.17) is 18.9 Å². The van der Waals surface area contributed by atoms with E-state index in [2.05, 4.69) is 24.4 Å². The summed E-state index contributed by atoms with van der Waals surface area (Å²) in [5.74, 6) is 1.40. The van der Waals surface area contributed by atoms with E-state index >= 15 is 0 Å². The van der Waals surface area contributed by atoms with Crippen molar-refractivity contribution >= 4 is 18.1 Å². The first-order chi connectivity index (χ1) is 17.3. The van der Waals surface area contributed by atoms with Gasteiger partial charge >= 0.3 is 5.97 Å². The second-order valence-electron chi connectivity index (χ2n) is 8.31. The molecule has 0 aliphatic rings. The van der Waals surface area contributed by atoms with E-state index in [1.807, 2.05) is 25.1 Å². The molecule has 1 amide bonds. The minimum absolute atomic E-state index is 0.147. The van der Waals surface area contributed by atoms with Crippen LogP contribution in [0.5, 0.6) is 23.0 Å². The highest BCUT2D eigenvalue weighted by molar-refractivity contribution is 5.92. The number of methoxy groups -OCH3 is 2. The molecule has 0 unspecified atom stereocenters. The van der Waals surface area contributed by atoms with Crippen molar-refractivity contribution in [3.05, 3.63) is 82.9 Å². The number of carbonyl (C=O) groups excluding carboxylic acids is 2. The Morgan fingerprint density at radius 3 is 2.31 bits per heavy atom. The van der Waals surface area contributed by atoms with Gasteiger partial charge in [0.15, 0.2) is 18.1 Å². The van der Waals surface area contributed by atoms with Crippen LogP contribution in [0.2, 0.25) is 0 Å². The minimum Gasteiger partial charge on any atom is -0.493 e. The third kappa shape index (κ3) is 7.09. The monoisotopic (exact) mass is 490 g/mol. The van der Waals surface area contributed by atoms with E-state index < -0.39 is 5.97 Å². The predicted octanol–water partition coefficient (Wildman–Crippen LogP) is 4.88. The van der Waals surface area contributed by atoms with Crippen molar-refractivity contribution in [3.63, 3.8) is 0 Å². The maximum Gasteiger partial charge on any atom is 0.343 e. The molecule has 0 aromatic heterocycles. The van der Waals surface area contributed by atoms with Gasteiger partial charge in [-0.05, 0) is 78.1 Å². The highest BCUT2D eigenvalue weighted by Crippen LogP contribution is 2.28. The van der Waals surface area contributed by atoms with Gasteiger partial charge in [-0.15, -0.1) is 0 Å². The molecular formula is C28H30N2O6. The maximum absolute atomic E-state index is 12.5. The molecule has 36 heavy (non-hydrogen) atoms. The first kappa shape index (κ1) is 26.3. The number of aryl methyl sites for hydroxylation is 1. The summed E-state index contributed by atoms with van der Waals surface area (Å²) < 4.78 is 21.5. The van der Waals surface area contributed by atoms with Crippen LogP contribution in [0.1, 0.15) is 46.8 Å². The lowest BCUT2D eigenvalue weighted by atomic mass is 10.0. The van der Waals surface area contributed by atoms with Gasteiger partial charge in [0.2, 0.25) is 0 Å². The molecule has 0 spiro atoms. The van der Waals surface area contributed by atoms with Crippen LogP contribution in [0.15, 0.2) is 65.8 Å². The molecule has 3 aromatic carbocycles. The molecule has 0 aliphatic carbocycles. The van der Waals surface area contributed by atoms with Crippen LogP contribution in [0.3, 0.4) is 0 Å². The molecule has 1 N–H and O–H groups in total. The van der Waals surface area contributed by atoms with Crippen molar-refractivity contribution in [2.75, 3.05) is 20.8 Å². The Bertz CT molecular complexity index is 1240. The summed E-state index contributed by atoms with van der Waals surface area (Å²) in [6, 6.07) is 17.4. The molecule has 3 aromatic rings. The Kier molecular flexibility index (Phi) is 9.05. The number of amides is 1. The van der Waals surface area contributed by atoms with Crippen molar-refractivity contribution in [2.45, 2.75) is 26.7 Å². The van der Waals surface area contributed by atoms with Gasteiger partial charge in [-0.3, -0.25) is 4.79 Å². The van der Waals surface area contributed by atoms with Gasteiger partial charge in [-0.2, -0.15) is 5.10 Å². The fourth-order valence-corrected chi connectivity index (χ4v) is 3.35. The van der Waals surface area contributed by atoms with Crippen LogP contribution < -0.4 is 24.4 Å². The minimum atomic E-state index is -0.529. The number of hydrazone groups is 1. The molecule has 0 heterocycles. The first-order valence-corrected chi connectivity index (χ1v) is 11.4. The van der Waals surface area contributed by atoms with E-state index in [1.54, 1.807) is 42.5 Å². The predicted molar refractivity (Wildman–Crippen MR) is 137 cm³/mol. The topological polar surface area (TPSA) is 95.5 Å². The second-order valence-corrected chi connectivity index (χ2v) is 8.31. The van der Waals surface area contributed by atoms with Gasteiger partial charge in [0.05, 0.1) is 26.0 Å². The number of esters is 1. The quantitative estimate of drug-likeness (QED) is 0.188.